The van der Waals surface area contributed by atoms with E-state index >= 15 is 0 Å². The Bertz CT molecular complexity index is 10100. The van der Waals surface area contributed by atoms with Gasteiger partial charge in [-0.3, -0.25) is 0 Å². The lowest BCUT2D eigenvalue weighted by Gasteiger charge is -2.10. The standard InChI is InChI=1S/C44H27NS2.2C42H25NS2/c1-3-13-28(14-4-1)33-21-10-23-36-40-32(20-12-26-39(40)46-42(33)36)29-15-9-16-30(27-29)34-22-11-24-37-41-44(47-43(34)37)35-19-7-8-25-38(35)45(41)31-17-5-2-6-18-31;1-2-12-31(13-3-1)43-36-16-7-6-15-33(36)42-41(43)35-21-18-30(25-39(35)45-42)28-11-8-10-27(23-28)29-17-20-34-38(24-29)44-37-22-19-26-9-4-5-14-32(26)40(34)37;1-2-13-32(14-3-1)43-37-16-7-6-15-34(37)42-41(43)35-20-18-31(25-39(35)45-42)27-12-8-11-26(21-27)30-17-19-33-36-22-28-9-4-5-10-29(28)23-40(36)44-38(33)24-30/h1-27H;2*1-25H. The van der Waals surface area contributed by atoms with Crippen LogP contribution in [0, 0.1) is 0 Å². The van der Waals surface area contributed by atoms with E-state index in [0.29, 0.717) is 0 Å². The van der Waals surface area contributed by atoms with Gasteiger partial charge in [0.1, 0.15) is 0 Å². The first kappa shape index (κ1) is 79.6. The van der Waals surface area contributed by atoms with Gasteiger partial charge in [-0.05, 0) is 221 Å². The zero-order chi connectivity index (χ0) is 89.9. The zero-order valence-corrected chi connectivity index (χ0v) is 78.6. The number of thiophene rings is 6. The summed E-state index contributed by atoms with van der Waals surface area (Å²) in [6, 6.07) is 171. The summed E-state index contributed by atoms with van der Waals surface area (Å²) in [4.78, 5) is 0. The van der Waals surface area contributed by atoms with Crippen molar-refractivity contribution < 1.29 is 0 Å². The highest BCUT2D eigenvalue weighted by atomic mass is 32.1. The first-order valence-corrected chi connectivity index (χ1v) is 51.4. The third kappa shape index (κ3) is 13.2. The number of hydrogen-bond donors (Lipinski definition) is 0. The van der Waals surface area contributed by atoms with Crippen LogP contribution in [0.15, 0.2) is 467 Å². The van der Waals surface area contributed by atoms with Gasteiger partial charge in [0.05, 0.1) is 47.2 Å². The predicted molar refractivity (Wildman–Crippen MR) is 600 cm³/mol. The van der Waals surface area contributed by atoms with Crippen LogP contribution in [0.1, 0.15) is 0 Å². The number of benzene rings is 21. The van der Waals surface area contributed by atoms with E-state index in [0.717, 1.165) is 0 Å². The van der Waals surface area contributed by atoms with Crippen LogP contribution in [0.25, 0.3) is 271 Å². The van der Waals surface area contributed by atoms with Crippen molar-refractivity contribution in [3.8, 4) is 95.0 Å². The molecule has 0 aliphatic heterocycles. The van der Waals surface area contributed by atoms with Crippen LogP contribution in [-0.4, -0.2) is 13.7 Å². The summed E-state index contributed by atoms with van der Waals surface area (Å²) in [6.45, 7) is 0. The minimum Gasteiger partial charge on any atom is -0.308 e. The minimum absolute atomic E-state index is 1.19. The molecule has 21 aromatic carbocycles. The van der Waals surface area contributed by atoms with Crippen LogP contribution in [0.3, 0.4) is 0 Å². The van der Waals surface area contributed by atoms with Gasteiger partial charge in [-0.1, -0.05) is 346 Å². The Morgan fingerprint density at radius 2 is 0.474 bits per heavy atom. The first-order valence-electron chi connectivity index (χ1n) is 46.5. The maximum absolute atomic E-state index is 2.44. The van der Waals surface area contributed by atoms with Gasteiger partial charge in [0.25, 0.3) is 0 Å². The van der Waals surface area contributed by atoms with Crippen LogP contribution >= 0.6 is 68.0 Å². The fourth-order valence-corrected chi connectivity index (χ4v) is 28.9. The van der Waals surface area contributed by atoms with Crippen molar-refractivity contribution in [2.24, 2.45) is 0 Å². The van der Waals surface area contributed by atoms with Crippen molar-refractivity contribution in [2.75, 3.05) is 0 Å². The largest absolute Gasteiger partial charge is 0.308 e. The maximum Gasteiger partial charge on any atom is 0.0727 e. The Kier molecular flexibility index (Phi) is 18.9. The van der Waals surface area contributed by atoms with Gasteiger partial charge in [-0.2, -0.15) is 0 Å². The van der Waals surface area contributed by atoms with Crippen LogP contribution in [0.5, 0.6) is 0 Å². The monoisotopic (exact) mass is 1850 g/mol. The van der Waals surface area contributed by atoms with E-state index in [4.69, 9.17) is 0 Å². The van der Waals surface area contributed by atoms with Crippen molar-refractivity contribution in [1.29, 1.82) is 0 Å². The Labute approximate surface area is 812 Å². The van der Waals surface area contributed by atoms with E-state index in [1.165, 1.54) is 271 Å². The van der Waals surface area contributed by atoms with Crippen LogP contribution in [0.2, 0.25) is 0 Å². The molecule has 0 spiro atoms. The average Bonchev–Trinajstić information content (AvgIpc) is 1.57. The molecule has 9 heteroatoms. The normalized spacial score (nSPS) is 11.9. The lowest BCUT2D eigenvalue weighted by atomic mass is 9.95. The molecule has 3 nitrogen and oxygen atoms in total. The molecule has 640 valence electrons. The molecule has 0 unspecified atom stereocenters. The molecule has 30 rings (SSSR count). The van der Waals surface area contributed by atoms with E-state index in [1.54, 1.807) is 0 Å². The Balaban J connectivity index is 0.000000102. The second-order valence-corrected chi connectivity index (χ2v) is 41.9. The molecule has 30 aromatic rings. The fourth-order valence-electron chi connectivity index (χ4n) is 21.5. The molecule has 0 aliphatic rings. The Morgan fingerprint density at radius 1 is 0.139 bits per heavy atom. The van der Waals surface area contributed by atoms with Crippen molar-refractivity contribution in [3.63, 3.8) is 0 Å². The van der Waals surface area contributed by atoms with Gasteiger partial charge in [-0.15, -0.1) is 68.0 Å². The maximum atomic E-state index is 2.44. The number of aromatic nitrogens is 3. The molecule has 9 heterocycles. The van der Waals surface area contributed by atoms with E-state index in [1.807, 2.05) is 68.0 Å². The van der Waals surface area contributed by atoms with Gasteiger partial charge in [0.2, 0.25) is 0 Å². The SMILES string of the molecule is c1ccc(-c2cccc3c2sc2cccc(-c4cccc(-c5cccc6c5sc5c7ccccc7n(-c7ccccc7)c65)c4)c23)cc1.c1ccc(-n2c3ccccc3c3sc4cc(-c5cccc(-c6ccc7c(c6)sc6cc8ccccc8cc67)c5)ccc4c32)cc1.c1ccc(-n2c3ccccc3c3sc4cc(-c5cccc(-c6ccc7c(c6)sc6ccc8ccccc8c67)c5)ccc4c32)cc1. The molecule has 137 heavy (non-hydrogen) atoms. The highest BCUT2D eigenvalue weighted by Gasteiger charge is 2.25. The molecule has 0 saturated heterocycles. The quantitative estimate of drug-likeness (QED) is 0.130. The minimum atomic E-state index is 1.19. The molecule has 0 atom stereocenters. The number of fused-ring (bicyclic) bond motifs is 27. The van der Waals surface area contributed by atoms with E-state index in [2.05, 4.69) is 481 Å². The van der Waals surface area contributed by atoms with E-state index < -0.39 is 0 Å². The summed E-state index contributed by atoms with van der Waals surface area (Å²) < 4.78 is 23.3. The lowest BCUT2D eigenvalue weighted by molar-refractivity contribution is 1.19. The summed E-state index contributed by atoms with van der Waals surface area (Å²) in [6.07, 6.45) is 0. The van der Waals surface area contributed by atoms with Gasteiger partial charge < -0.3 is 13.7 Å². The van der Waals surface area contributed by atoms with E-state index in [-0.39, 0.29) is 0 Å². The lowest BCUT2D eigenvalue weighted by Crippen LogP contribution is -1.92. The molecule has 0 radical (unpaired) electrons. The molecular formula is C128H77N3S6. The number of rotatable bonds is 10. The molecule has 0 fully saturated rings. The summed E-state index contributed by atoms with van der Waals surface area (Å²) in [7, 11) is 0. The zero-order valence-electron chi connectivity index (χ0n) is 73.7. The number of para-hydroxylation sites is 6. The molecule has 0 saturated carbocycles. The van der Waals surface area contributed by atoms with Gasteiger partial charge in [0, 0.05) is 124 Å². The highest BCUT2D eigenvalue weighted by Crippen LogP contribution is 2.52. The van der Waals surface area contributed by atoms with Gasteiger partial charge in [0.15, 0.2) is 0 Å². The molecule has 0 aliphatic carbocycles. The van der Waals surface area contributed by atoms with Gasteiger partial charge >= 0.3 is 0 Å². The van der Waals surface area contributed by atoms with Gasteiger partial charge in [-0.25, -0.2) is 0 Å². The summed E-state index contributed by atoms with van der Waals surface area (Å²) in [5.74, 6) is 0. The van der Waals surface area contributed by atoms with E-state index in [9.17, 15) is 0 Å². The number of nitrogens with zero attached hydrogens (tertiary/aromatic N) is 3. The molecular weight excluding hydrogens is 1770 g/mol. The second kappa shape index (κ2) is 32.4. The first-order chi connectivity index (χ1) is 67.9. The topological polar surface area (TPSA) is 14.8 Å². The van der Waals surface area contributed by atoms with Crippen molar-refractivity contribution >= 4 is 244 Å². The average molecular weight is 1850 g/mol. The van der Waals surface area contributed by atoms with Crippen LogP contribution in [-0.2, 0) is 0 Å². The van der Waals surface area contributed by atoms with Crippen LogP contribution in [0.4, 0.5) is 0 Å². The third-order valence-corrected chi connectivity index (χ3v) is 34.8. The predicted octanol–water partition coefficient (Wildman–Crippen LogP) is 39.1. The van der Waals surface area contributed by atoms with Crippen molar-refractivity contribution in [3.05, 3.63) is 467 Å². The molecule has 0 amide bonds. The fraction of sp³-hybridized carbons (Fsp3) is 0. The molecule has 0 N–H and O–H groups in total. The Morgan fingerprint density at radius 3 is 1.02 bits per heavy atom. The summed E-state index contributed by atoms with van der Waals surface area (Å²) in [5.41, 5.74) is 28.8. The summed E-state index contributed by atoms with van der Waals surface area (Å²) in [5, 5.41) is 21.1. The highest BCUT2D eigenvalue weighted by molar-refractivity contribution is 7.29. The summed E-state index contributed by atoms with van der Waals surface area (Å²) >= 11 is 11.4. The van der Waals surface area contributed by atoms with Crippen molar-refractivity contribution in [2.45, 2.75) is 0 Å². The smallest absolute Gasteiger partial charge is 0.0727 e. The number of hydrogen-bond acceptors (Lipinski definition) is 6. The molecule has 0 bridgehead atoms. The molecule has 9 aromatic heterocycles. The second-order valence-electron chi connectivity index (χ2n) is 35.6. The Hall–Kier alpha value is -15.9. The van der Waals surface area contributed by atoms with Crippen molar-refractivity contribution in [1.82, 2.24) is 13.7 Å². The third-order valence-electron chi connectivity index (χ3n) is 27.8. The van der Waals surface area contributed by atoms with Crippen LogP contribution < -0.4 is 0 Å².